The summed E-state index contributed by atoms with van der Waals surface area (Å²) in [5.74, 6) is 0. The van der Waals surface area contributed by atoms with Gasteiger partial charge in [-0.25, -0.2) is 4.98 Å². The van der Waals surface area contributed by atoms with Crippen LogP contribution in [-0.2, 0) is 9.31 Å². The van der Waals surface area contributed by atoms with Crippen LogP contribution >= 0.6 is 22.9 Å². The summed E-state index contributed by atoms with van der Waals surface area (Å²) in [6.45, 7) is 8.09. The van der Waals surface area contributed by atoms with Gasteiger partial charge in [0.1, 0.15) is 0 Å². The van der Waals surface area contributed by atoms with Crippen LogP contribution in [0.25, 0.3) is 0 Å². The minimum absolute atomic E-state index is 0.311. The van der Waals surface area contributed by atoms with E-state index in [0.717, 1.165) is 4.78 Å². The first-order valence-corrected chi connectivity index (χ1v) is 5.98. The molecule has 0 saturated carbocycles. The van der Waals surface area contributed by atoms with Crippen molar-refractivity contribution in [3.05, 3.63) is 10.7 Å². The molecular formula is C9H13BClNO2S. The molecule has 0 unspecified atom stereocenters. The van der Waals surface area contributed by atoms with Gasteiger partial charge in [0.05, 0.1) is 16.0 Å². The Morgan fingerprint density at radius 3 is 2.20 bits per heavy atom. The Kier molecular flexibility index (Phi) is 2.62. The number of thiazole rings is 1. The minimum Gasteiger partial charge on any atom is -0.399 e. The SMILES string of the molecule is CC1(C)OB(c2cnc(Cl)s2)OC1(C)C. The number of halogens is 1. The minimum atomic E-state index is -0.347. The lowest BCUT2D eigenvalue weighted by Crippen LogP contribution is -2.41. The van der Waals surface area contributed by atoms with E-state index in [4.69, 9.17) is 20.9 Å². The van der Waals surface area contributed by atoms with Gasteiger partial charge < -0.3 is 9.31 Å². The molecule has 0 amide bonds. The standard InChI is InChI=1S/C9H13BClNO2S/c1-8(2)9(3,4)14-10(13-8)6-5-12-7(11)15-6/h5H,1-4H3. The van der Waals surface area contributed by atoms with Gasteiger partial charge in [-0.3, -0.25) is 0 Å². The molecule has 2 rings (SSSR count). The van der Waals surface area contributed by atoms with Crippen LogP contribution in [0.3, 0.4) is 0 Å². The van der Waals surface area contributed by atoms with Gasteiger partial charge in [-0.05, 0) is 27.7 Å². The highest BCUT2D eigenvalue weighted by molar-refractivity contribution is 7.25. The zero-order valence-corrected chi connectivity index (χ0v) is 10.8. The van der Waals surface area contributed by atoms with Crippen LogP contribution in [0.5, 0.6) is 0 Å². The summed E-state index contributed by atoms with van der Waals surface area (Å²) in [4.78, 5) is 3.98. The molecule has 15 heavy (non-hydrogen) atoms. The number of hydrogen-bond donors (Lipinski definition) is 0. The fraction of sp³-hybridized carbons (Fsp3) is 0.667. The van der Waals surface area contributed by atoms with Crippen LogP contribution in [0.15, 0.2) is 6.20 Å². The first kappa shape index (κ1) is 11.4. The molecule has 0 N–H and O–H groups in total. The molecule has 0 radical (unpaired) electrons. The Bertz CT molecular complexity index is 364. The summed E-state index contributed by atoms with van der Waals surface area (Å²) in [5, 5.41) is 0. The second-order valence-corrected chi connectivity index (χ2v) is 6.25. The van der Waals surface area contributed by atoms with Gasteiger partial charge in [0.2, 0.25) is 0 Å². The smallest absolute Gasteiger partial charge is 0.399 e. The monoisotopic (exact) mass is 245 g/mol. The largest absolute Gasteiger partial charge is 0.507 e. The molecule has 0 aliphatic carbocycles. The number of rotatable bonds is 1. The van der Waals surface area contributed by atoms with Crippen LogP contribution < -0.4 is 4.78 Å². The summed E-state index contributed by atoms with van der Waals surface area (Å²) in [7, 11) is -0.347. The molecule has 1 fully saturated rings. The topological polar surface area (TPSA) is 31.4 Å². The van der Waals surface area contributed by atoms with Crippen LogP contribution in [0.2, 0.25) is 4.47 Å². The highest BCUT2D eigenvalue weighted by Gasteiger charge is 2.52. The van der Waals surface area contributed by atoms with Gasteiger partial charge in [-0.15, -0.1) is 11.3 Å². The van der Waals surface area contributed by atoms with Gasteiger partial charge in [0.25, 0.3) is 0 Å². The zero-order chi connectivity index (χ0) is 11.3. The van der Waals surface area contributed by atoms with Crippen molar-refractivity contribution < 1.29 is 9.31 Å². The van der Waals surface area contributed by atoms with E-state index in [1.54, 1.807) is 6.20 Å². The highest BCUT2D eigenvalue weighted by Crippen LogP contribution is 2.36. The Balaban J connectivity index is 2.23. The quantitative estimate of drug-likeness (QED) is 0.710. The lowest BCUT2D eigenvalue weighted by Gasteiger charge is -2.32. The van der Waals surface area contributed by atoms with Crippen LogP contribution in [0.1, 0.15) is 27.7 Å². The second-order valence-electron chi connectivity index (χ2n) is 4.60. The van der Waals surface area contributed by atoms with E-state index < -0.39 is 0 Å². The summed E-state index contributed by atoms with van der Waals surface area (Å²) < 4.78 is 13.1. The van der Waals surface area contributed by atoms with Crippen molar-refractivity contribution in [3.63, 3.8) is 0 Å². The van der Waals surface area contributed by atoms with Gasteiger partial charge in [-0.1, -0.05) is 11.6 Å². The number of hydrogen-bond acceptors (Lipinski definition) is 4. The maximum atomic E-state index is 5.85. The lowest BCUT2D eigenvalue weighted by molar-refractivity contribution is 0.00578. The Morgan fingerprint density at radius 2 is 1.80 bits per heavy atom. The molecule has 2 heterocycles. The predicted molar refractivity (Wildman–Crippen MR) is 62.8 cm³/mol. The first-order valence-electron chi connectivity index (χ1n) is 4.79. The summed E-state index contributed by atoms with van der Waals surface area (Å²) in [6.07, 6.45) is 1.70. The van der Waals surface area contributed by atoms with Crippen molar-refractivity contribution in [1.29, 1.82) is 0 Å². The molecule has 6 heteroatoms. The van der Waals surface area contributed by atoms with Crippen molar-refractivity contribution in [2.24, 2.45) is 0 Å². The first-order chi connectivity index (χ1) is 6.82. The molecule has 1 aromatic rings. The van der Waals surface area contributed by atoms with Crippen LogP contribution in [0, 0.1) is 0 Å². The Morgan fingerprint density at radius 1 is 1.27 bits per heavy atom. The van der Waals surface area contributed by atoms with Crippen LogP contribution in [0.4, 0.5) is 0 Å². The van der Waals surface area contributed by atoms with E-state index >= 15 is 0 Å². The molecule has 82 valence electrons. The lowest BCUT2D eigenvalue weighted by atomic mass is 9.89. The van der Waals surface area contributed by atoms with E-state index in [9.17, 15) is 0 Å². The third-order valence-electron chi connectivity index (χ3n) is 2.98. The normalized spacial score (nSPS) is 23.4. The maximum Gasteiger partial charge on any atom is 0.507 e. The molecule has 3 nitrogen and oxygen atoms in total. The third-order valence-corrected chi connectivity index (χ3v) is 4.12. The maximum absolute atomic E-state index is 5.85. The molecule has 1 aliphatic rings. The average Bonchev–Trinajstić information content (AvgIpc) is 2.56. The Labute approximate surface area is 98.9 Å². The summed E-state index contributed by atoms with van der Waals surface area (Å²) in [6, 6.07) is 0. The van der Waals surface area contributed by atoms with Crippen molar-refractivity contribution >= 4 is 34.8 Å². The zero-order valence-electron chi connectivity index (χ0n) is 9.20. The molecule has 1 aliphatic heterocycles. The van der Waals surface area contributed by atoms with Crippen molar-refractivity contribution in [3.8, 4) is 0 Å². The molecule has 0 aromatic carbocycles. The van der Waals surface area contributed by atoms with E-state index in [1.165, 1.54) is 11.3 Å². The molecule has 1 aromatic heterocycles. The molecule has 1 saturated heterocycles. The molecule has 0 bridgehead atoms. The number of aromatic nitrogens is 1. The van der Waals surface area contributed by atoms with Gasteiger partial charge >= 0.3 is 7.12 Å². The number of nitrogens with zero attached hydrogens (tertiary/aromatic N) is 1. The van der Waals surface area contributed by atoms with Gasteiger partial charge in [0, 0.05) is 6.20 Å². The summed E-state index contributed by atoms with van der Waals surface area (Å²) in [5.41, 5.74) is -0.623. The van der Waals surface area contributed by atoms with Crippen molar-refractivity contribution in [2.45, 2.75) is 38.9 Å². The van der Waals surface area contributed by atoms with E-state index in [1.807, 2.05) is 27.7 Å². The molecule has 0 spiro atoms. The van der Waals surface area contributed by atoms with Crippen molar-refractivity contribution in [2.75, 3.05) is 0 Å². The fourth-order valence-electron chi connectivity index (χ4n) is 1.33. The van der Waals surface area contributed by atoms with Crippen LogP contribution in [-0.4, -0.2) is 23.3 Å². The van der Waals surface area contributed by atoms with E-state index in [2.05, 4.69) is 4.98 Å². The fourth-order valence-corrected chi connectivity index (χ4v) is 2.25. The van der Waals surface area contributed by atoms with Gasteiger partial charge in [-0.2, -0.15) is 0 Å². The average molecular weight is 246 g/mol. The highest BCUT2D eigenvalue weighted by atomic mass is 35.5. The van der Waals surface area contributed by atoms with E-state index in [-0.39, 0.29) is 18.3 Å². The van der Waals surface area contributed by atoms with Gasteiger partial charge in [0.15, 0.2) is 4.47 Å². The summed E-state index contributed by atoms with van der Waals surface area (Å²) >= 11 is 7.17. The Hall–Kier alpha value is -0.0951. The molecular weight excluding hydrogens is 232 g/mol. The second kappa shape index (κ2) is 3.45. The third kappa shape index (κ3) is 1.94. The van der Waals surface area contributed by atoms with Crippen molar-refractivity contribution in [1.82, 2.24) is 4.98 Å². The van der Waals surface area contributed by atoms with E-state index in [0.29, 0.717) is 4.47 Å². The predicted octanol–water partition coefficient (Wildman–Crippen LogP) is 2.10. The molecule has 0 atom stereocenters.